The van der Waals surface area contributed by atoms with Crippen molar-refractivity contribution in [1.29, 1.82) is 0 Å². The van der Waals surface area contributed by atoms with Crippen LogP contribution in [0, 0.1) is 11.8 Å². The van der Waals surface area contributed by atoms with Gasteiger partial charge in [0.05, 0.1) is 18.8 Å². The standard InChI is InChI=1S/C14H29N2O5P/c1-9(8-22(19,21-7)12(4)15-5)13(17)16-11(3)10(2)14(18)20-6/h9-12,15H,8H2,1-7H3,(H,16,17). The third kappa shape index (κ3) is 5.71. The molecule has 0 aromatic heterocycles. The Labute approximate surface area is 133 Å². The van der Waals surface area contributed by atoms with Gasteiger partial charge in [0.15, 0.2) is 0 Å². The van der Waals surface area contributed by atoms with Gasteiger partial charge in [0, 0.05) is 25.2 Å². The van der Waals surface area contributed by atoms with Gasteiger partial charge in [-0.05, 0) is 27.8 Å². The van der Waals surface area contributed by atoms with Crippen LogP contribution in [-0.4, -0.2) is 51.1 Å². The molecule has 2 N–H and O–H groups in total. The van der Waals surface area contributed by atoms with Crippen molar-refractivity contribution < 1.29 is 23.4 Å². The van der Waals surface area contributed by atoms with Crippen LogP contribution in [0.5, 0.6) is 0 Å². The molecule has 8 heteroatoms. The first-order chi connectivity index (χ1) is 10.1. The van der Waals surface area contributed by atoms with Crippen molar-refractivity contribution in [3.8, 4) is 0 Å². The molecule has 0 aromatic rings. The zero-order valence-corrected chi connectivity index (χ0v) is 15.4. The van der Waals surface area contributed by atoms with Gasteiger partial charge in [0.2, 0.25) is 13.3 Å². The number of carbonyl (C=O) groups is 2. The molecule has 0 spiro atoms. The maximum atomic E-state index is 12.7. The molecule has 0 bridgehead atoms. The summed E-state index contributed by atoms with van der Waals surface area (Å²) in [6, 6.07) is -0.369. The van der Waals surface area contributed by atoms with Crippen LogP contribution in [0.2, 0.25) is 0 Å². The molecule has 130 valence electrons. The van der Waals surface area contributed by atoms with Gasteiger partial charge in [0.1, 0.15) is 0 Å². The summed E-state index contributed by atoms with van der Waals surface area (Å²) in [7, 11) is 1.44. The molecule has 5 unspecified atom stereocenters. The number of methoxy groups -OCH3 is 1. The van der Waals surface area contributed by atoms with E-state index in [0.29, 0.717) is 0 Å². The molecule has 0 aromatic carbocycles. The lowest BCUT2D eigenvalue weighted by Gasteiger charge is -2.26. The SMILES string of the molecule is CNC(C)P(=O)(CC(C)C(=O)NC(C)C(C)C(=O)OC)OC. The van der Waals surface area contributed by atoms with Gasteiger partial charge >= 0.3 is 5.97 Å². The summed E-state index contributed by atoms with van der Waals surface area (Å²) in [5.74, 6) is -1.92. The van der Waals surface area contributed by atoms with Crippen LogP contribution in [0.4, 0.5) is 0 Å². The summed E-state index contributed by atoms with van der Waals surface area (Å²) >= 11 is 0. The minimum absolute atomic E-state index is 0.136. The van der Waals surface area contributed by atoms with Gasteiger partial charge in [-0.1, -0.05) is 6.92 Å². The van der Waals surface area contributed by atoms with Crippen molar-refractivity contribution in [2.24, 2.45) is 11.8 Å². The average Bonchev–Trinajstić information content (AvgIpc) is 2.51. The fourth-order valence-electron chi connectivity index (χ4n) is 1.93. The molecule has 1 amide bonds. The van der Waals surface area contributed by atoms with Crippen molar-refractivity contribution in [2.45, 2.75) is 39.5 Å². The van der Waals surface area contributed by atoms with E-state index in [4.69, 9.17) is 4.52 Å². The van der Waals surface area contributed by atoms with Crippen molar-refractivity contribution >= 4 is 19.2 Å². The Balaban J connectivity index is 4.74. The van der Waals surface area contributed by atoms with Crippen molar-refractivity contribution in [3.05, 3.63) is 0 Å². The van der Waals surface area contributed by atoms with Crippen molar-refractivity contribution in [2.75, 3.05) is 27.4 Å². The molecule has 0 saturated heterocycles. The van der Waals surface area contributed by atoms with E-state index >= 15 is 0 Å². The number of amides is 1. The van der Waals surface area contributed by atoms with Crippen LogP contribution in [0.25, 0.3) is 0 Å². The van der Waals surface area contributed by atoms with Crippen LogP contribution < -0.4 is 10.6 Å². The van der Waals surface area contributed by atoms with Gasteiger partial charge in [-0.25, -0.2) is 0 Å². The van der Waals surface area contributed by atoms with Gasteiger partial charge < -0.3 is 19.9 Å². The number of hydrogen-bond acceptors (Lipinski definition) is 6. The molecular weight excluding hydrogens is 307 g/mol. The van der Waals surface area contributed by atoms with E-state index in [0.717, 1.165) is 0 Å². The zero-order chi connectivity index (χ0) is 17.5. The highest BCUT2D eigenvalue weighted by atomic mass is 31.2. The smallest absolute Gasteiger partial charge is 0.310 e. The van der Waals surface area contributed by atoms with E-state index in [-0.39, 0.29) is 29.9 Å². The second kappa shape index (κ2) is 9.28. The Morgan fingerprint density at radius 3 is 2.09 bits per heavy atom. The molecule has 22 heavy (non-hydrogen) atoms. The minimum Gasteiger partial charge on any atom is -0.469 e. The second-order valence-electron chi connectivity index (χ2n) is 5.57. The summed E-state index contributed by atoms with van der Waals surface area (Å²) in [5, 5.41) is 5.66. The molecule has 0 fully saturated rings. The molecule has 0 heterocycles. The molecule has 0 radical (unpaired) electrons. The second-order valence-corrected chi connectivity index (χ2v) is 8.52. The Morgan fingerprint density at radius 2 is 1.68 bits per heavy atom. The number of hydrogen-bond donors (Lipinski definition) is 2. The predicted molar refractivity (Wildman–Crippen MR) is 86.0 cm³/mol. The minimum atomic E-state index is -2.96. The van der Waals surface area contributed by atoms with Crippen LogP contribution in [0.3, 0.4) is 0 Å². The summed E-state index contributed by atoms with van der Waals surface area (Å²) in [6.45, 7) is 6.87. The Hall–Kier alpha value is -0.910. The lowest BCUT2D eigenvalue weighted by atomic mass is 10.0. The lowest BCUT2D eigenvalue weighted by molar-refractivity contribution is -0.145. The van der Waals surface area contributed by atoms with Gasteiger partial charge in [-0.2, -0.15) is 0 Å². The van der Waals surface area contributed by atoms with Crippen molar-refractivity contribution in [3.63, 3.8) is 0 Å². The average molecular weight is 336 g/mol. The number of carbonyl (C=O) groups excluding carboxylic acids is 2. The van der Waals surface area contributed by atoms with E-state index in [2.05, 4.69) is 15.4 Å². The number of nitrogens with one attached hydrogen (secondary N) is 2. The quantitative estimate of drug-likeness (QED) is 0.489. The van der Waals surface area contributed by atoms with Gasteiger partial charge in [-0.15, -0.1) is 0 Å². The fraction of sp³-hybridized carbons (Fsp3) is 0.857. The van der Waals surface area contributed by atoms with Gasteiger partial charge in [-0.3, -0.25) is 14.2 Å². The number of esters is 1. The maximum absolute atomic E-state index is 12.7. The van der Waals surface area contributed by atoms with E-state index in [1.165, 1.54) is 14.2 Å². The first kappa shape index (κ1) is 21.1. The number of ether oxygens (including phenoxy) is 1. The highest BCUT2D eigenvalue weighted by Crippen LogP contribution is 2.51. The topological polar surface area (TPSA) is 93.7 Å². The lowest BCUT2D eigenvalue weighted by Crippen LogP contribution is -2.43. The van der Waals surface area contributed by atoms with E-state index < -0.39 is 19.2 Å². The van der Waals surface area contributed by atoms with Crippen LogP contribution >= 0.6 is 7.37 Å². The molecule has 0 rings (SSSR count). The molecule has 5 atom stereocenters. The third-order valence-electron chi connectivity index (χ3n) is 3.99. The van der Waals surface area contributed by atoms with Gasteiger partial charge in [0.25, 0.3) is 0 Å². The molecule has 0 aliphatic heterocycles. The Bertz CT molecular complexity index is 429. The van der Waals surface area contributed by atoms with E-state index in [9.17, 15) is 14.2 Å². The summed E-state index contributed by atoms with van der Waals surface area (Å²) in [4.78, 5) is 23.7. The molecule has 0 saturated carbocycles. The monoisotopic (exact) mass is 336 g/mol. The molecule has 7 nitrogen and oxygen atoms in total. The molecule has 0 aliphatic carbocycles. The Kier molecular flexibility index (Phi) is 8.89. The van der Waals surface area contributed by atoms with Crippen LogP contribution in [0.1, 0.15) is 27.7 Å². The summed E-state index contributed by atoms with van der Waals surface area (Å²) in [5.41, 5.74) is 0. The fourth-order valence-corrected chi connectivity index (χ4v) is 4.04. The van der Waals surface area contributed by atoms with Crippen LogP contribution in [-0.2, 0) is 23.4 Å². The maximum Gasteiger partial charge on any atom is 0.310 e. The Morgan fingerprint density at radius 1 is 1.14 bits per heavy atom. The molecular formula is C14H29N2O5P. The highest BCUT2D eigenvalue weighted by molar-refractivity contribution is 7.59. The number of rotatable bonds is 9. The largest absolute Gasteiger partial charge is 0.469 e. The third-order valence-corrected chi connectivity index (χ3v) is 7.10. The van der Waals surface area contributed by atoms with Crippen LogP contribution in [0.15, 0.2) is 0 Å². The first-order valence-electron chi connectivity index (χ1n) is 7.32. The molecule has 0 aliphatic rings. The van der Waals surface area contributed by atoms with E-state index in [1.807, 2.05) is 0 Å². The van der Waals surface area contributed by atoms with E-state index in [1.54, 1.807) is 34.7 Å². The highest BCUT2D eigenvalue weighted by Gasteiger charge is 2.34. The van der Waals surface area contributed by atoms with Crippen molar-refractivity contribution in [1.82, 2.24) is 10.6 Å². The summed E-state index contributed by atoms with van der Waals surface area (Å²) < 4.78 is 22.5. The first-order valence-corrected chi connectivity index (χ1v) is 9.20. The summed E-state index contributed by atoms with van der Waals surface area (Å²) in [6.07, 6.45) is 0.136. The zero-order valence-electron chi connectivity index (χ0n) is 14.5. The predicted octanol–water partition coefficient (Wildman–Crippen LogP) is 1.43. The normalized spacial score (nSPS) is 19.4.